The van der Waals surface area contributed by atoms with Gasteiger partial charge in [0.2, 0.25) is 6.10 Å². The molecule has 3 fully saturated rings. The first-order valence-electron chi connectivity index (χ1n) is 20.4. The molecular weight excluding hydrogens is 718 g/mol. The molecule has 1 aromatic rings. The zero-order chi connectivity index (χ0) is 41.6. The number of aliphatic hydroxyl groups excluding tert-OH is 2. The van der Waals surface area contributed by atoms with Gasteiger partial charge in [0.15, 0.2) is 5.78 Å². The van der Waals surface area contributed by atoms with Gasteiger partial charge in [0.25, 0.3) is 0 Å². The maximum absolute atomic E-state index is 14.7. The van der Waals surface area contributed by atoms with Crippen molar-refractivity contribution in [2.24, 2.45) is 28.1 Å². The smallest absolute Gasteiger partial charge is 0.408 e. The molecule has 11 atom stereocenters. The summed E-state index contributed by atoms with van der Waals surface area (Å²) in [6.07, 6.45) is -2.30. The Kier molecular flexibility index (Phi) is 12.6. The van der Waals surface area contributed by atoms with Crippen molar-refractivity contribution in [1.29, 1.82) is 0 Å². The molecule has 2 saturated carbocycles. The molecule has 4 aliphatic rings. The SMILES string of the molecule is CCCCCCCC(=O)O[C@@H](C(=O)O[C@H]1C[C@@]2(O)[C@@H](C)C3[C@]4(C)CO[C@@H]4C[C@H](O)[C@@]3(C)C(=O)[C@H](O)C(=C1C)C2(C)C)[C@@H](NC(=O)OC(C)(C)C)c1ccccc1. The molecule has 4 N–H and O–H groups in total. The van der Waals surface area contributed by atoms with Crippen LogP contribution in [0.25, 0.3) is 0 Å². The number of rotatable bonds is 12. The molecule has 0 aromatic heterocycles. The van der Waals surface area contributed by atoms with Crippen molar-refractivity contribution in [1.82, 2.24) is 5.32 Å². The quantitative estimate of drug-likeness (QED) is 0.0811. The number of unbranched alkanes of at least 4 members (excludes halogenated alkanes) is 4. The third-order valence-corrected chi connectivity index (χ3v) is 13.7. The number of ketones is 1. The third kappa shape index (κ3) is 7.79. The number of ether oxygens (including phenoxy) is 4. The molecule has 3 aliphatic carbocycles. The van der Waals surface area contributed by atoms with E-state index >= 15 is 0 Å². The van der Waals surface area contributed by atoms with Crippen LogP contribution in [-0.2, 0) is 33.3 Å². The molecule has 1 amide bonds. The lowest BCUT2D eigenvalue weighted by molar-refractivity contribution is -0.302. The molecule has 1 aromatic carbocycles. The predicted molar refractivity (Wildman–Crippen MR) is 208 cm³/mol. The number of benzene rings is 1. The summed E-state index contributed by atoms with van der Waals surface area (Å²) in [6.45, 7) is 18.4. The number of carbonyl (C=O) groups is 4. The van der Waals surface area contributed by atoms with E-state index in [2.05, 4.69) is 12.2 Å². The molecule has 2 bridgehead atoms. The highest BCUT2D eigenvalue weighted by Crippen LogP contribution is 2.66. The van der Waals surface area contributed by atoms with E-state index in [4.69, 9.17) is 18.9 Å². The van der Waals surface area contributed by atoms with Gasteiger partial charge in [-0.05, 0) is 69.6 Å². The second-order valence-corrected chi connectivity index (χ2v) is 18.8. The Balaban J connectivity index is 1.56. The van der Waals surface area contributed by atoms with Crippen molar-refractivity contribution < 1.29 is 53.4 Å². The number of esters is 2. The zero-order valence-electron chi connectivity index (χ0n) is 35.0. The van der Waals surface area contributed by atoms with Crippen LogP contribution in [0, 0.1) is 28.1 Å². The van der Waals surface area contributed by atoms with Crippen LogP contribution in [0.15, 0.2) is 41.5 Å². The normalized spacial score (nSPS) is 34.7. The van der Waals surface area contributed by atoms with Gasteiger partial charge in [0, 0.05) is 30.1 Å². The van der Waals surface area contributed by atoms with Gasteiger partial charge in [-0.2, -0.15) is 0 Å². The number of nitrogens with one attached hydrogen (secondary N) is 1. The van der Waals surface area contributed by atoms with E-state index in [1.807, 2.05) is 13.8 Å². The molecule has 0 radical (unpaired) electrons. The van der Waals surface area contributed by atoms with Gasteiger partial charge < -0.3 is 39.6 Å². The fourth-order valence-electron chi connectivity index (χ4n) is 10.5. The van der Waals surface area contributed by atoms with E-state index in [-0.39, 0.29) is 30.9 Å². The maximum Gasteiger partial charge on any atom is 0.408 e. The lowest BCUT2D eigenvalue weighted by Gasteiger charge is -2.68. The molecule has 1 saturated heterocycles. The monoisotopic (exact) mass is 783 g/mol. The molecule has 5 rings (SSSR count). The fraction of sp³-hybridized carbons (Fsp3) is 0.727. The number of alkyl carbamates (subject to hydrolysis) is 1. The highest BCUT2D eigenvalue weighted by molar-refractivity contribution is 5.93. The second kappa shape index (κ2) is 16.1. The Morgan fingerprint density at radius 1 is 1.02 bits per heavy atom. The summed E-state index contributed by atoms with van der Waals surface area (Å²) < 4.78 is 23.7. The molecular formula is C44H65NO11. The topological polar surface area (TPSA) is 178 Å². The summed E-state index contributed by atoms with van der Waals surface area (Å²) in [7, 11) is 0. The van der Waals surface area contributed by atoms with E-state index in [0.29, 0.717) is 24.2 Å². The van der Waals surface area contributed by atoms with Gasteiger partial charge >= 0.3 is 18.0 Å². The Hall–Kier alpha value is -3.32. The summed E-state index contributed by atoms with van der Waals surface area (Å²) in [4.78, 5) is 56.0. The predicted octanol–water partition coefficient (Wildman–Crippen LogP) is 6.29. The highest BCUT2D eigenvalue weighted by Gasteiger charge is 2.73. The first-order valence-corrected chi connectivity index (χ1v) is 20.4. The first kappa shape index (κ1) is 43.8. The van der Waals surface area contributed by atoms with Crippen LogP contribution in [0.2, 0.25) is 0 Å². The molecule has 56 heavy (non-hydrogen) atoms. The van der Waals surface area contributed by atoms with Gasteiger partial charge in [0.05, 0.1) is 29.8 Å². The summed E-state index contributed by atoms with van der Waals surface area (Å²) in [5, 5.41) is 39.5. The van der Waals surface area contributed by atoms with Crippen molar-refractivity contribution >= 4 is 23.8 Å². The largest absolute Gasteiger partial charge is 0.455 e. The molecule has 12 nitrogen and oxygen atoms in total. The van der Waals surface area contributed by atoms with Gasteiger partial charge in [0.1, 0.15) is 23.9 Å². The van der Waals surface area contributed by atoms with Gasteiger partial charge in [-0.15, -0.1) is 0 Å². The minimum atomic E-state index is -1.72. The number of Topliss-reactive ketones (excluding diaryl/α,β-unsaturated/α-hetero) is 1. The average Bonchev–Trinajstić information content (AvgIpc) is 3.11. The molecule has 1 unspecified atom stereocenters. The molecule has 1 aliphatic heterocycles. The molecule has 1 heterocycles. The Bertz CT molecular complexity index is 1670. The first-order chi connectivity index (χ1) is 26.0. The van der Waals surface area contributed by atoms with E-state index in [9.17, 15) is 34.5 Å². The van der Waals surface area contributed by atoms with Gasteiger partial charge in [-0.1, -0.05) is 90.6 Å². The highest BCUT2D eigenvalue weighted by atomic mass is 16.6. The lowest BCUT2D eigenvalue weighted by Crippen LogP contribution is -2.75. The van der Waals surface area contributed by atoms with Crippen molar-refractivity contribution in [2.45, 2.75) is 168 Å². The van der Waals surface area contributed by atoms with Crippen molar-refractivity contribution in [3.63, 3.8) is 0 Å². The fourth-order valence-corrected chi connectivity index (χ4v) is 10.5. The van der Waals surface area contributed by atoms with E-state index in [0.717, 1.165) is 25.7 Å². The zero-order valence-corrected chi connectivity index (χ0v) is 35.0. The summed E-state index contributed by atoms with van der Waals surface area (Å²) in [6, 6.07) is 7.38. The van der Waals surface area contributed by atoms with Crippen LogP contribution in [0.1, 0.15) is 132 Å². The number of fused-ring (bicyclic) bond motifs is 5. The summed E-state index contributed by atoms with van der Waals surface area (Å²) >= 11 is 0. The van der Waals surface area contributed by atoms with Crippen molar-refractivity contribution in [3.8, 4) is 0 Å². The summed E-state index contributed by atoms with van der Waals surface area (Å²) in [5.74, 6) is -3.44. The van der Waals surface area contributed by atoms with Crippen LogP contribution < -0.4 is 5.32 Å². The standard InChI is InChI=1S/C44H65NO11/c1-11-12-13-14-18-21-31(47)55-35(33(27-19-16-15-17-20-27)45-39(51)56-40(4,5)6)38(50)54-28-23-44(52)26(3)36-42(9)24-53-30(42)22-29(46)43(36,10)37(49)34(48)32(25(28)2)41(44,7)8/h15-17,19-20,26,28-30,33-36,46,48,52H,11-14,18,21-24H2,1-10H3,(H,45,51)/t26-,28-,29-,30+,33-,34+,35+,36?,42+,43+,44+/m0/s1. The Labute approximate surface area is 332 Å². The molecule has 312 valence electrons. The van der Waals surface area contributed by atoms with Crippen LogP contribution in [0.4, 0.5) is 4.79 Å². The Morgan fingerprint density at radius 3 is 2.25 bits per heavy atom. The van der Waals surface area contributed by atoms with Gasteiger partial charge in [-0.25, -0.2) is 9.59 Å². The summed E-state index contributed by atoms with van der Waals surface area (Å²) in [5.41, 5.74) is -4.66. The minimum absolute atomic E-state index is 0.0448. The number of aliphatic hydroxyl groups is 3. The van der Waals surface area contributed by atoms with Crippen LogP contribution >= 0.6 is 0 Å². The molecule has 0 spiro atoms. The van der Waals surface area contributed by atoms with Gasteiger partial charge in [-0.3, -0.25) is 9.59 Å². The minimum Gasteiger partial charge on any atom is -0.455 e. The lowest BCUT2D eigenvalue weighted by atomic mass is 9.40. The van der Waals surface area contributed by atoms with E-state index in [1.165, 1.54) is 0 Å². The second-order valence-electron chi connectivity index (χ2n) is 18.8. The average molecular weight is 784 g/mol. The van der Waals surface area contributed by atoms with Crippen LogP contribution in [0.3, 0.4) is 0 Å². The van der Waals surface area contributed by atoms with Crippen molar-refractivity contribution in [3.05, 3.63) is 47.0 Å². The Morgan fingerprint density at radius 2 is 1.66 bits per heavy atom. The molecule has 12 heteroatoms. The maximum atomic E-state index is 14.7. The van der Waals surface area contributed by atoms with Crippen LogP contribution in [-0.4, -0.2) is 87.5 Å². The number of hydrogen-bond donors (Lipinski definition) is 4. The number of hydrogen-bond acceptors (Lipinski definition) is 11. The number of carbonyl (C=O) groups excluding carboxylic acids is 4. The number of amides is 1. The van der Waals surface area contributed by atoms with E-state index in [1.54, 1.807) is 78.8 Å². The van der Waals surface area contributed by atoms with Crippen LogP contribution in [0.5, 0.6) is 0 Å². The van der Waals surface area contributed by atoms with Crippen molar-refractivity contribution in [2.75, 3.05) is 6.61 Å². The third-order valence-electron chi connectivity index (χ3n) is 13.7. The van der Waals surface area contributed by atoms with E-state index < -0.39 is 93.6 Å².